The van der Waals surface area contributed by atoms with Crippen LogP contribution >= 0.6 is 24.2 Å². The highest BCUT2D eigenvalue weighted by molar-refractivity contribution is 7.99. The maximum absolute atomic E-state index is 11.9. The molecule has 0 saturated carbocycles. The molecule has 1 amide bonds. The molecule has 0 bridgehead atoms. The molecule has 0 aliphatic carbocycles. The lowest BCUT2D eigenvalue weighted by molar-refractivity contribution is 0.0977. The zero-order valence-corrected chi connectivity index (χ0v) is 15.0. The lowest BCUT2D eigenvalue weighted by Crippen LogP contribution is -2.37. The molecule has 1 aliphatic heterocycles. The molecule has 0 aromatic heterocycles. The van der Waals surface area contributed by atoms with E-state index in [1.165, 1.54) is 0 Å². The SMILES string of the molecule is CS(=O)(=O)/N=C(\N)NC(=O)c1ccc(N2CCSCC2)cc1.Cl. The van der Waals surface area contributed by atoms with Gasteiger partial charge >= 0.3 is 0 Å². The number of hydrogen-bond donors (Lipinski definition) is 2. The molecule has 0 spiro atoms. The number of nitrogens with one attached hydrogen (secondary N) is 1. The van der Waals surface area contributed by atoms with E-state index < -0.39 is 21.9 Å². The molecule has 128 valence electrons. The van der Waals surface area contributed by atoms with Gasteiger partial charge in [0.1, 0.15) is 0 Å². The average molecular weight is 379 g/mol. The lowest BCUT2D eigenvalue weighted by Gasteiger charge is -2.28. The van der Waals surface area contributed by atoms with Crippen molar-refractivity contribution in [2.45, 2.75) is 0 Å². The fourth-order valence-corrected chi connectivity index (χ4v) is 3.34. The number of amides is 1. The molecule has 1 saturated heterocycles. The summed E-state index contributed by atoms with van der Waals surface area (Å²) < 4.78 is 25.1. The van der Waals surface area contributed by atoms with Gasteiger partial charge in [0.25, 0.3) is 15.9 Å². The molecule has 2 rings (SSSR count). The highest BCUT2D eigenvalue weighted by Crippen LogP contribution is 2.19. The minimum absolute atomic E-state index is 0. The molecule has 0 unspecified atom stereocenters. The smallest absolute Gasteiger partial charge is 0.257 e. The second-order valence-corrected chi connectivity index (χ2v) is 7.68. The van der Waals surface area contributed by atoms with E-state index in [-0.39, 0.29) is 12.4 Å². The summed E-state index contributed by atoms with van der Waals surface area (Å²) in [5.41, 5.74) is 6.83. The Kier molecular flexibility index (Phi) is 7.17. The third-order valence-electron chi connectivity index (χ3n) is 3.01. The number of nitrogens with zero attached hydrogens (tertiary/aromatic N) is 2. The molecule has 1 heterocycles. The summed E-state index contributed by atoms with van der Waals surface area (Å²) in [6.07, 6.45) is 0.901. The van der Waals surface area contributed by atoms with E-state index >= 15 is 0 Å². The van der Waals surface area contributed by atoms with Gasteiger partial charge in [0.15, 0.2) is 0 Å². The van der Waals surface area contributed by atoms with Crippen molar-refractivity contribution in [2.24, 2.45) is 10.1 Å². The number of carbonyl (C=O) groups is 1. The number of anilines is 1. The van der Waals surface area contributed by atoms with Crippen LogP contribution in [0.2, 0.25) is 0 Å². The molecular weight excluding hydrogens is 360 g/mol. The van der Waals surface area contributed by atoms with Gasteiger partial charge in [-0.2, -0.15) is 11.8 Å². The minimum atomic E-state index is -3.63. The van der Waals surface area contributed by atoms with E-state index in [0.29, 0.717) is 5.56 Å². The van der Waals surface area contributed by atoms with Crippen LogP contribution in [0.1, 0.15) is 10.4 Å². The summed E-state index contributed by atoms with van der Waals surface area (Å²) >= 11 is 1.93. The van der Waals surface area contributed by atoms with Gasteiger partial charge < -0.3 is 10.6 Å². The van der Waals surface area contributed by atoms with Crippen LogP contribution in [-0.2, 0) is 10.0 Å². The van der Waals surface area contributed by atoms with Gasteiger partial charge in [-0.05, 0) is 24.3 Å². The highest BCUT2D eigenvalue weighted by Gasteiger charge is 2.13. The molecular formula is C13H19ClN4O3S2. The Morgan fingerprint density at radius 2 is 1.83 bits per heavy atom. The average Bonchev–Trinajstić information content (AvgIpc) is 2.46. The highest BCUT2D eigenvalue weighted by atomic mass is 35.5. The zero-order chi connectivity index (χ0) is 16.2. The van der Waals surface area contributed by atoms with Gasteiger partial charge in [0, 0.05) is 35.8 Å². The van der Waals surface area contributed by atoms with Gasteiger partial charge in [-0.15, -0.1) is 16.8 Å². The number of halogens is 1. The molecule has 0 atom stereocenters. The first-order valence-electron chi connectivity index (χ1n) is 6.65. The molecule has 1 aromatic carbocycles. The monoisotopic (exact) mass is 378 g/mol. The number of carbonyl (C=O) groups excluding carboxylic acids is 1. The molecule has 1 fully saturated rings. The van der Waals surface area contributed by atoms with Crippen molar-refractivity contribution in [2.75, 3.05) is 35.8 Å². The van der Waals surface area contributed by atoms with E-state index in [4.69, 9.17) is 5.73 Å². The summed E-state index contributed by atoms with van der Waals surface area (Å²) in [7, 11) is -3.63. The summed E-state index contributed by atoms with van der Waals surface area (Å²) in [6.45, 7) is 1.98. The van der Waals surface area contributed by atoms with Gasteiger partial charge in [-0.25, -0.2) is 8.42 Å². The quantitative estimate of drug-likeness (QED) is 0.591. The van der Waals surface area contributed by atoms with Crippen LogP contribution in [0, 0.1) is 0 Å². The van der Waals surface area contributed by atoms with Crippen LogP contribution in [0.25, 0.3) is 0 Å². The van der Waals surface area contributed by atoms with Crippen molar-refractivity contribution in [1.82, 2.24) is 5.32 Å². The number of nitrogens with two attached hydrogens (primary N) is 1. The van der Waals surface area contributed by atoms with Crippen LogP contribution in [-0.4, -0.2) is 51.1 Å². The second kappa shape index (κ2) is 8.42. The number of benzene rings is 1. The first-order chi connectivity index (χ1) is 10.3. The number of rotatable bonds is 3. The minimum Gasteiger partial charge on any atom is -0.370 e. The van der Waals surface area contributed by atoms with Crippen LogP contribution in [0.3, 0.4) is 0 Å². The topological polar surface area (TPSA) is 105 Å². The van der Waals surface area contributed by atoms with Crippen LogP contribution in [0.4, 0.5) is 5.69 Å². The maximum atomic E-state index is 11.9. The normalized spacial score (nSPS) is 15.7. The largest absolute Gasteiger partial charge is 0.370 e. The number of sulfonamides is 1. The first kappa shape index (κ1) is 19.6. The van der Waals surface area contributed by atoms with Crippen molar-refractivity contribution in [3.63, 3.8) is 0 Å². The van der Waals surface area contributed by atoms with E-state index in [1.807, 2.05) is 23.9 Å². The lowest BCUT2D eigenvalue weighted by atomic mass is 10.2. The Balaban J connectivity index is 0.00000264. The Morgan fingerprint density at radius 1 is 1.26 bits per heavy atom. The summed E-state index contributed by atoms with van der Waals surface area (Å²) in [4.78, 5) is 14.2. The third-order valence-corrected chi connectivity index (χ3v) is 4.48. The molecule has 7 nitrogen and oxygen atoms in total. The Hall–Kier alpha value is -1.45. The summed E-state index contributed by atoms with van der Waals surface area (Å²) in [5, 5.41) is 2.24. The van der Waals surface area contributed by atoms with E-state index in [2.05, 4.69) is 14.6 Å². The molecule has 1 aromatic rings. The summed E-state index contributed by atoms with van der Waals surface area (Å²) in [6, 6.07) is 7.10. The first-order valence-corrected chi connectivity index (χ1v) is 9.65. The fraction of sp³-hybridized carbons (Fsp3) is 0.385. The predicted octanol–water partition coefficient (Wildman–Crippen LogP) is 0.666. The maximum Gasteiger partial charge on any atom is 0.257 e. The molecule has 0 radical (unpaired) electrons. The number of guanidine groups is 1. The third kappa shape index (κ3) is 6.28. The molecule has 1 aliphatic rings. The van der Waals surface area contributed by atoms with Crippen LogP contribution < -0.4 is 16.0 Å². The van der Waals surface area contributed by atoms with Gasteiger partial charge in [0.2, 0.25) is 5.96 Å². The number of hydrogen-bond acceptors (Lipinski definition) is 5. The van der Waals surface area contributed by atoms with Crippen molar-refractivity contribution < 1.29 is 13.2 Å². The van der Waals surface area contributed by atoms with Crippen LogP contribution in [0.5, 0.6) is 0 Å². The van der Waals surface area contributed by atoms with Crippen molar-refractivity contribution in [1.29, 1.82) is 0 Å². The van der Waals surface area contributed by atoms with Crippen molar-refractivity contribution >= 4 is 51.7 Å². The summed E-state index contributed by atoms with van der Waals surface area (Å²) in [5.74, 6) is 1.26. The van der Waals surface area contributed by atoms with Gasteiger partial charge in [-0.1, -0.05) is 0 Å². The van der Waals surface area contributed by atoms with E-state index in [9.17, 15) is 13.2 Å². The van der Waals surface area contributed by atoms with Crippen molar-refractivity contribution in [3.8, 4) is 0 Å². The standard InChI is InChI=1S/C13H18N4O3S2.ClH/c1-22(19,20)16-13(14)15-12(18)10-2-4-11(5-3-10)17-6-8-21-9-7-17;/h2-5H,6-9H2,1H3,(H3,14,15,16,18);1H. The predicted molar refractivity (Wildman–Crippen MR) is 97.2 cm³/mol. The fourth-order valence-electron chi connectivity index (χ4n) is 2.04. The Morgan fingerprint density at radius 3 is 2.35 bits per heavy atom. The van der Waals surface area contributed by atoms with Crippen LogP contribution in [0.15, 0.2) is 28.7 Å². The van der Waals surface area contributed by atoms with Crippen molar-refractivity contribution in [3.05, 3.63) is 29.8 Å². The van der Waals surface area contributed by atoms with E-state index in [0.717, 1.165) is 36.5 Å². The Labute approximate surface area is 146 Å². The second-order valence-electron chi connectivity index (χ2n) is 4.81. The van der Waals surface area contributed by atoms with Gasteiger partial charge in [0.05, 0.1) is 6.26 Å². The number of thioether (sulfide) groups is 1. The molecule has 23 heavy (non-hydrogen) atoms. The van der Waals surface area contributed by atoms with Gasteiger partial charge in [-0.3, -0.25) is 10.1 Å². The Bertz CT molecular complexity index is 671. The molecule has 10 heteroatoms. The molecule has 3 N–H and O–H groups in total. The zero-order valence-electron chi connectivity index (χ0n) is 12.6. The van der Waals surface area contributed by atoms with E-state index in [1.54, 1.807) is 12.1 Å².